The lowest BCUT2D eigenvalue weighted by Crippen LogP contribution is -1.98. The van der Waals surface area contributed by atoms with Gasteiger partial charge in [0.2, 0.25) is 0 Å². The number of thiophene rings is 1. The second-order valence-corrected chi connectivity index (χ2v) is 6.58. The number of H-pyrrole nitrogens is 1. The van der Waals surface area contributed by atoms with Gasteiger partial charge in [0.15, 0.2) is 0 Å². The molecule has 0 saturated carbocycles. The van der Waals surface area contributed by atoms with E-state index >= 15 is 0 Å². The minimum absolute atomic E-state index is 0.777. The van der Waals surface area contributed by atoms with E-state index in [-0.39, 0.29) is 0 Å². The number of aryl methyl sites for hydroxylation is 3. The van der Waals surface area contributed by atoms with E-state index in [4.69, 9.17) is 0 Å². The molecule has 1 aromatic carbocycles. The van der Waals surface area contributed by atoms with E-state index in [0.717, 1.165) is 38.4 Å². The summed E-state index contributed by atoms with van der Waals surface area (Å²) in [5.41, 5.74) is 3.23. The van der Waals surface area contributed by atoms with Gasteiger partial charge in [0, 0.05) is 16.0 Å². The van der Waals surface area contributed by atoms with E-state index in [1.54, 1.807) is 11.3 Å². The van der Waals surface area contributed by atoms with E-state index in [2.05, 4.69) is 39.3 Å². The van der Waals surface area contributed by atoms with Crippen LogP contribution in [-0.2, 0) is 0 Å². The zero-order valence-electron chi connectivity index (χ0n) is 12.6. The Balaban J connectivity index is 1.86. The predicted octanol–water partition coefficient (Wildman–Crippen LogP) is 4.24. The Morgan fingerprint density at radius 3 is 2.86 bits per heavy atom. The minimum atomic E-state index is 0.777. The molecule has 4 rings (SSSR count). The molecule has 0 amide bonds. The molecule has 3 aromatic heterocycles. The number of fused-ring (bicyclic) bond motifs is 2. The number of nitrogens with zero attached hydrogens (tertiary/aromatic N) is 3. The van der Waals surface area contributed by atoms with Crippen molar-refractivity contribution in [1.82, 2.24) is 20.2 Å². The maximum Gasteiger partial charge on any atom is 0.143 e. The zero-order chi connectivity index (χ0) is 15.3. The molecule has 0 radical (unpaired) electrons. The fraction of sp³-hybridized carbons (Fsp3) is 0.188. The van der Waals surface area contributed by atoms with Gasteiger partial charge in [-0.2, -0.15) is 5.10 Å². The van der Waals surface area contributed by atoms with Crippen LogP contribution in [-0.4, -0.2) is 20.2 Å². The van der Waals surface area contributed by atoms with E-state index < -0.39 is 0 Å². The van der Waals surface area contributed by atoms with Crippen LogP contribution in [0.4, 0.5) is 11.5 Å². The number of benzene rings is 1. The summed E-state index contributed by atoms with van der Waals surface area (Å²) in [4.78, 5) is 11.5. The monoisotopic (exact) mass is 309 g/mol. The largest absolute Gasteiger partial charge is 0.340 e. The SMILES string of the molecule is Cc1nc(Nc2ccc3cn[nH]c3c2)c2c(C)c(C)sc2n1. The first-order valence-electron chi connectivity index (χ1n) is 7.06. The molecule has 6 heteroatoms. The number of aromatic amines is 1. The van der Waals surface area contributed by atoms with Crippen LogP contribution < -0.4 is 5.32 Å². The van der Waals surface area contributed by atoms with Gasteiger partial charge in [0.1, 0.15) is 16.5 Å². The summed E-state index contributed by atoms with van der Waals surface area (Å²) in [6.07, 6.45) is 1.82. The predicted molar refractivity (Wildman–Crippen MR) is 91.0 cm³/mol. The first kappa shape index (κ1) is 13.2. The number of nitrogens with one attached hydrogen (secondary N) is 2. The summed E-state index contributed by atoms with van der Waals surface area (Å²) in [5, 5.41) is 12.7. The molecule has 22 heavy (non-hydrogen) atoms. The van der Waals surface area contributed by atoms with Gasteiger partial charge in [-0.05, 0) is 44.5 Å². The number of aromatic nitrogens is 4. The summed E-state index contributed by atoms with van der Waals surface area (Å²) < 4.78 is 0. The van der Waals surface area contributed by atoms with E-state index in [0.29, 0.717) is 0 Å². The number of anilines is 2. The smallest absolute Gasteiger partial charge is 0.143 e. The average molecular weight is 309 g/mol. The summed E-state index contributed by atoms with van der Waals surface area (Å²) in [6, 6.07) is 6.12. The van der Waals surface area contributed by atoms with Crippen molar-refractivity contribution in [3.05, 3.63) is 40.7 Å². The molecule has 0 atom stereocenters. The van der Waals surface area contributed by atoms with E-state index in [9.17, 15) is 0 Å². The third-order valence-electron chi connectivity index (χ3n) is 3.85. The van der Waals surface area contributed by atoms with E-state index in [1.165, 1.54) is 10.4 Å². The normalized spacial score (nSPS) is 11.4. The standard InChI is InChI=1S/C16H15N5S/c1-8-9(2)22-16-14(8)15(18-10(3)19-16)20-12-5-4-11-7-17-21-13(11)6-12/h4-7H,1-3H3,(H,17,21)(H,18,19,20). The summed E-state index contributed by atoms with van der Waals surface area (Å²) >= 11 is 1.71. The summed E-state index contributed by atoms with van der Waals surface area (Å²) in [7, 11) is 0. The van der Waals surface area contributed by atoms with Crippen molar-refractivity contribution in [2.45, 2.75) is 20.8 Å². The quantitative estimate of drug-likeness (QED) is 0.581. The lowest BCUT2D eigenvalue weighted by atomic mass is 10.2. The molecular weight excluding hydrogens is 294 g/mol. The molecule has 0 fully saturated rings. The van der Waals surface area contributed by atoms with Crippen molar-refractivity contribution in [3.63, 3.8) is 0 Å². The van der Waals surface area contributed by atoms with Gasteiger partial charge < -0.3 is 5.32 Å². The molecule has 3 heterocycles. The lowest BCUT2D eigenvalue weighted by molar-refractivity contribution is 1.10. The van der Waals surface area contributed by atoms with Crippen molar-refractivity contribution in [2.24, 2.45) is 0 Å². The highest BCUT2D eigenvalue weighted by Crippen LogP contribution is 2.34. The number of hydrogen-bond acceptors (Lipinski definition) is 5. The molecule has 0 aliphatic rings. The highest BCUT2D eigenvalue weighted by Gasteiger charge is 2.13. The Hall–Kier alpha value is -2.47. The van der Waals surface area contributed by atoms with Crippen LogP contribution >= 0.6 is 11.3 Å². The van der Waals surface area contributed by atoms with Crippen LogP contribution in [0.2, 0.25) is 0 Å². The van der Waals surface area contributed by atoms with Gasteiger partial charge in [-0.1, -0.05) is 0 Å². The van der Waals surface area contributed by atoms with Crippen LogP contribution in [0, 0.1) is 20.8 Å². The van der Waals surface area contributed by atoms with Gasteiger partial charge in [-0.25, -0.2) is 9.97 Å². The van der Waals surface area contributed by atoms with Crippen LogP contribution in [0.25, 0.3) is 21.1 Å². The molecule has 0 bridgehead atoms. The number of hydrogen-bond donors (Lipinski definition) is 2. The Labute approximate surface area is 131 Å². The number of rotatable bonds is 2. The van der Waals surface area contributed by atoms with Gasteiger partial charge >= 0.3 is 0 Å². The van der Waals surface area contributed by atoms with E-state index in [1.807, 2.05) is 31.3 Å². The van der Waals surface area contributed by atoms with Crippen molar-refractivity contribution in [1.29, 1.82) is 0 Å². The maximum atomic E-state index is 4.60. The summed E-state index contributed by atoms with van der Waals surface area (Å²) in [6.45, 7) is 6.17. The summed E-state index contributed by atoms with van der Waals surface area (Å²) in [5.74, 6) is 1.64. The maximum absolute atomic E-state index is 4.60. The second-order valence-electron chi connectivity index (χ2n) is 5.38. The molecular formula is C16H15N5S. The molecule has 5 nitrogen and oxygen atoms in total. The van der Waals surface area contributed by atoms with Gasteiger partial charge in [0.05, 0.1) is 17.1 Å². The van der Waals surface area contributed by atoms with Crippen LogP contribution in [0.5, 0.6) is 0 Å². The highest BCUT2D eigenvalue weighted by atomic mass is 32.1. The molecule has 0 saturated heterocycles. The topological polar surface area (TPSA) is 66.5 Å². The third kappa shape index (κ3) is 2.03. The highest BCUT2D eigenvalue weighted by molar-refractivity contribution is 7.18. The van der Waals surface area contributed by atoms with Crippen molar-refractivity contribution < 1.29 is 0 Å². The van der Waals surface area contributed by atoms with Crippen LogP contribution in [0.1, 0.15) is 16.3 Å². The fourth-order valence-corrected chi connectivity index (χ4v) is 3.67. The molecule has 4 aromatic rings. The Bertz CT molecular complexity index is 999. The Kier molecular flexibility index (Phi) is 2.87. The van der Waals surface area contributed by atoms with Gasteiger partial charge in [0.25, 0.3) is 0 Å². The van der Waals surface area contributed by atoms with Crippen LogP contribution in [0.3, 0.4) is 0 Å². The first-order valence-corrected chi connectivity index (χ1v) is 7.88. The van der Waals surface area contributed by atoms with Gasteiger partial charge in [-0.15, -0.1) is 11.3 Å². The van der Waals surface area contributed by atoms with Crippen molar-refractivity contribution in [2.75, 3.05) is 5.32 Å². The van der Waals surface area contributed by atoms with Gasteiger partial charge in [-0.3, -0.25) is 5.10 Å². The lowest BCUT2D eigenvalue weighted by Gasteiger charge is -2.08. The minimum Gasteiger partial charge on any atom is -0.340 e. The zero-order valence-corrected chi connectivity index (χ0v) is 13.4. The Morgan fingerprint density at radius 2 is 2.00 bits per heavy atom. The molecule has 0 spiro atoms. The molecule has 0 unspecified atom stereocenters. The fourth-order valence-electron chi connectivity index (χ4n) is 2.60. The average Bonchev–Trinajstić information content (AvgIpc) is 3.03. The molecule has 0 aliphatic heterocycles. The van der Waals surface area contributed by atoms with Crippen molar-refractivity contribution in [3.8, 4) is 0 Å². The molecule has 0 aliphatic carbocycles. The second kappa shape index (κ2) is 4.78. The Morgan fingerprint density at radius 1 is 1.14 bits per heavy atom. The van der Waals surface area contributed by atoms with Crippen LogP contribution in [0.15, 0.2) is 24.4 Å². The van der Waals surface area contributed by atoms with Crippen molar-refractivity contribution >= 4 is 44.0 Å². The third-order valence-corrected chi connectivity index (χ3v) is 4.95. The molecule has 2 N–H and O–H groups in total. The molecule has 110 valence electrons. The first-order chi connectivity index (χ1) is 10.6.